The highest BCUT2D eigenvalue weighted by Crippen LogP contribution is 2.35. The molecule has 1 aromatic rings. The second-order valence-electron chi connectivity index (χ2n) is 5.98. The Kier molecular flexibility index (Phi) is 5.03. The maximum absolute atomic E-state index is 12.0. The number of benzene rings is 1. The summed E-state index contributed by atoms with van der Waals surface area (Å²) in [5.74, 6) is 1.61. The predicted octanol–water partition coefficient (Wildman–Crippen LogP) is 1.17. The Bertz CT molecular complexity index is 556. The van der Waals surface area contributed by atoms with E-state index in [1.807, 2.05) is 18.2 Å². The van der Waals surface area contributed by atoms with Crippen LogP contribution in [0.2, 0.25) is 0 Å². The van der Waals surface area contributed by atoms with Gasteiger partial charge in [0, 0.05) is 31.8 Å². The summed E-state index contributed by atoms with van der Waals surface area (Å²) in [6.07, 6.45) is 1.40. The number of nitrogens with zero attached hydrogens (tertiary/aromatic N) is 1. The van der Waals surface area contributed by atoms with Gasteiger partial charge in [0.25, 0.3) is 0 Å². The third-order valence-electron chi connectivity index (χ3n) is 4.43. The SMILES string of the molecule is COc1ccc([C@@H]2CC(=O)N(CCO)C2)cc1OC1CCOC1. The van der Waals surface area contributed by atoms with Crippen molar-refractivity contribution in [3.63, 3.8) is 0 Å². The first kappa shape index (κ1) is 16.1. The number of carbonyl (C=O) groups excluding carboxylic acids is 1. The van der Waals surface area contributed by atoms with Crippen molar-refractivity contribution in [3.8, 4) is 11.5 Å². The number of β-amino-alcohol motifs (C(OH)–C–C–N with tert-alkyl or cyclic N) is 1. The van der Waals surface area contributed by atoms with Crippen LogP contribution in [0.1, 0.15) is 24.3 Å². The van der Waals surface area contributed by atoms with Gasteiger partial charge in [0.15, 0.2) is 11.5 Å². The van der Waals surface area contributed by atoms with Gasteiger partial charge in [-0.2, -0.15) is 0 Å². The smallest absolute Gasteiger partial charge is 0.223 e. The highest BCUT2D eigenvalue weighted by molar-refractivity contribution is 5.79. The minimum absolute atomic E-state index is 0.00286. The van der Waals surface area contributed by atoms with E-state index in [-0.39, 0.29) is 24.5 Å². The van der Waals surface area contributed by atoms with Crippen LogP contribution >= 0.6 is 0 Å². The topological polar surface area (TPSA) is 68.2 Å². The number of rotatable bonds is 6. The molecule has 2 fully saturated rings. The first-order valence-corrected chi connectivity index (χ1v) is 8.02. The van der Waals surface area contributed by atoms with Crippen molar-refractivity contribution >= 4 is 5.91 Å². The molecule has 0 bridgehead atoms. The summed E-state index contributed by atoms with van der Waals surface area (Å²) in [7, 11) is 1.62. The summed E-state index contributed by atoms with van der Waals surface area (Å²) in [6, 6.07) is 5.84. The molecule has 0 saturated carbocycles. The lowest BCUT2D eigenvalue weighted by Gasteiger charge is -2.18. The monoisotopic (exact) mass is 321 g/mol. The minimum Gasteiger partial charge on any atom is -0.493 e. The first-order chi connectivity index (χ1) is 11.2. The maximum atomic E-state index is 12.0. The largest absolute Gasteiger partial charge is 0.493 e. The van der Waals surface area contributed by atoms with E-state index in [2.05, 4.69) is 0 Å². The van der Waals surface area contributed by atoms with Crippen molar-refractivity contribution in [1.29, 1.82) is 0 Å². The van der Waals surface area contributed by atoms with Crippen molar-refractivity contribution in [1.82, 2.24) is 4.90 Å². The van der Waals surface area contributed by atoms with E-state index in [0.717, 1.165) is 18.6 Å². The Morgan fingerprint density at radius 2 is 2.26 bits per heavy atom. The van der Waals surface area contributed by atoms with E-state index < -0.39 is 0 Å². The lowest BCUT2D eigenvalue weighted by atomic mass is 9.98. The van der Waals surface area contributed by atoms with Gasteiger partial charge >= 0.3 is 0 Å². The van der Waals surface area contributed by atoms with Crippen LogP contribution in [0.4, 0.5) is 0 Å². The van der Waals surface area contributed by atoms with Crippen molar-refractivity contribution in [3.05, 3.63) is 23.8 Å². The van der Waals surface area contributed by atoms with E-state index in [4.69, 9.17) is 19.3 Å². The molecule has 2 aliphatic rings. The van der Waals surface area contributed by atoms with Crippen molar-refractivity contribution < 1.29 is 24.1 Å². The lowest BCUT2D eigenvalue weighted by molar-refractivity contribution is -0.128. The normalized spacial score (nSPS) is 24.3. The Hall–Kier alpha value is -1.79. The Morgan fingerprint density at radius 1 is 1.39 bits per heavy atom. The van der Waals surface area contributed by atoms with Gasteiger partial charge in [0.05, 0.1) is 26.9 Å². The van der Waals surface area contributed by atoms with Gasteiger partial charge in [-0.3, -0.25) is 4.79 Å². The Labute approximate surface area is 135 Å². The zero-order valence-electron chi connectivity index (χ0n) is 13.4. The van der Waals surface area contributed by atoms with Gasteiger partial charge in [-0.15, -0.1) is 0 Å². The minimum atomic E-state index is -0.00286. The quantitative estimate of drug-likeness (QED) is 0.852. The van der Waals surface area contributed by atoms with Crippen molar-refractivity contribution in [2.45, 2.75) is 24.9 Å². The van der Waals surface area contributed by atoms with Gasteiger partial charge in [-0.25, -0.2) is 0 Å². The fraction of sp³-hybridized carbons (Fsp3) is 0.588. The van der Waals surface area contributed by atoms with Gasteiger partial charge < -0.3 is 24.2 Å². The highest BCUT2D eigenvalue weighted by atomic mass is 16.6. The third-order valence-corrected chi connectivity index (χ3v) is 4.43. The van der Waals surface area contributed by atoms with Gasteiger partial charge in [0.2, 0.25) is 5.91 Å². The number of hydrogen-bond donors (Lipinski definition) is 1. The fourth-order valence-electron chi connectivity index (χ4n) is 3.16. The molecule has 2 heterocycles. The Morgan fingerprint density at radius 3 is 2.96 bits per heavy atom. The summed E-state index contributed by atoms with van der Waals surface area (Å²) in [5.41, 5.74) is 1.06. The van der Waals surface area contributed by atoms with Crippen LogP contribution in [0.3, 0.4) is 0 Å². The van der Waals surface area contributed by atoms with E-state index in [1.54, 1.807) is 12.0 Å². The molecule has 0 aromatic heterocycles. The molecule has 2 saturated heterocycles. The number of hydrogen-bond acceptors (Lipinski definition) is 5. The molecule has 6 nitrogen and oxygen atoms in total. The number of amides is 1. The highest BCUT2D eigenvalue weighted by Gasteiger charge is 2.31. The van der Waals surface area contributed by atoms with Crippen LogP contribution in [0, 0.1) is 0 Å². The molecule has 1 amide bonds. The van der Waals surface area contributed by atoms with Crippen LogP contribution in [0.15, 0.2) is 18.2 Å². The number of aliphatic hydroxyl groups is 1. The molecule has 2 atom stereocenters. The van der Waals surface area contributed by atoms with E-state index >= 15 is 0 Å². The molecular formula is C17H23NO5. The summed E-state index contributed by atoms with van der Waals surface area (Å²) < 4.78 is 16.7. The number of methoxy groups -OCH3 is 1. The summed E-state index contributed by atoms with van der Waals surface area (Å²) in [4.78, 5) is 13.7. The average molecular weight is 321 g/mol. The van der Waals surface area contributed by atoms with Gasteiger partial charge in [0.1, 0.15) is 6.10 Å². The molecule has 1 N–H and O–H groups in total. The molecule has 126 valence electrons. The molecule has 1 unspecified atom stereocenters. The average Bonchev–Trinajstić information content (AvgIpc) is 3.18. The first-order valence-electron chi connectivity index (χ1n) is 8.02. The molecule has 0 spiro atoms. The number of aliphatic hydroxyl groups excluding tert-OH is 1. The Balaban J connectivity index is 1.76. The van der Waals surface area contributed by atoms with Gasteiger partial charge in [-0.05, 0) is 17.7 Å². The molecule has 6 heteroatoms. The maximum Gasteiger partial charge on any atom is 0.223 e. The fourth-order valence-corrected chi connectivity index (χ4v) is 3.16. The van der Waals surface area contributed by atoms with Crippen LogP contribution in [0.25, 0.3) is 0 Å². The van der Waals surface area contributed by atoms with E-state index in [9.17, 15) is 4.79 Å². The number of ether oxygens (including phenoxy) is 3. The zero-order chi connectivity index (χ0) is 16.2. The van der Waals surface area contributed by atoms with Crippen LogP contribution in [-0.2, 0) is 9.53 Å². The van der Waals surface area contributed by atoms with E-state index in [1.165, 1.54) is 0 Å². The molecular weight excluding hydrogens is 298 g/mol. The predicted molar refractivity (Wildman–Crippen MR) is 83.9 cm³/mol. The standard InChI is InChI=1S/C17H23NO5/c1-21-15-3-2-12(8-16(15)23-14-4-7-22-11-14)13-9-17(20)18(10-13)5-6-19/h2-3,8,13-14,19H,4-7,9-11H2,1H3/t13-,14?/m1/s1. The molecule has 1 aromatic carbocycles. The molecule has 0 aliphatic carbocycles. The van der Waals surface area contributed by atoms with Gasteiger partial charge in [-0.1, -0.05) is 6.07 Å². The zero-order valence-corrected chi connectivity index (χ0v) is 13.4. The third kappa shape index (κ3) is 3.59. The molecule has 23 heavy (non-hydrogen) atoms. The number of likely N-dealkylation sites (tertiary alicyclic amines) is 1. The molecule has 3 rings (SSSR count). The van der Waals surface area contributed by atoms with Crippen molar-refractivity contribution in [2.24, 2.45) is 0 Å². The lowest BCUT2D eigenvalue weighted by Crippen LogP contribution is -2.28. The number of carbonyl (C=O) groups is 1. The van der Waals surface area contributed by atoms with E-state index in [0.29, 0.717) is 37.6 Å². The molecule has 2 aliphatic heterocycles. The van der Waals surface area contributed by atoms with Crippen molar-refractivity contribution in [2.75, 3.05) is 40.0 Å². The molecule has 0 radical (unpaired) electrons. The van der Waals surface area contributed by atoms with Crippen LogP contribution < -0.4 is 9.47 Å². The second-order valence-corrected chi connectivity index (χ2v) is 5.98. The summed E-state index contributed by atoms with van der Waals surface area (Å²) >= 11 is 0. The summed E-state index contributed by atoms with van der Waals surface area (Å²) in [5, 5.41) is 9.03. The second kappa shape index (κ2) is 7.19. The van der Waals surface area contributed by atoms with Crippen LogP contribution in [0.5, 0.6) is 11.5 Å². The van der Waals surface area contributed by atoms with Crippen LogP contribution in [-0.4, -0.2) is 62.0 Å². The summed E-state index contributed by atoms with van der Waals surface area (Å²) in [6.45, 7) is 2.35.